The summed E-state index contributed by atoms with van der Waals surface area (Å²) in [6.45, 7) is 3.53. The number of esters is 2. The molecule has 56 heavy (non-hydrogen) atoms. The minimum atomic E-state index is -4.78. The SMILES string of the molecule is CCC/C=C/C/C=C/C/C=C/C/C=C/CCCCCC(=O)O[C@H](COC(=O)CCC/C=C/C/C=C/C/C=C/C/C=C/CCCCCCCCC)COP(=O)(O)O. The molecule has 0 unspecified atom stereocenters. The number of phosphoric acid groups is 1. The summed E-state index contributed by atoms with van der Waals surface area (Å²) in [5.74, 6) is -0.995. The zero-order chi connectivity index (χ0) is 41.1. The molecule has 0 aromatic carbocycles. The fourth-order valence-electron chi connectivity index (χ4n) is 5.36. The third-order valence-corrected chi connectivity index (χ3v) is 9.04. The summed E-state index contributed by atoms with van der Waals surface area (Å²) in [5.41, 5.74) is 0. The van der Waals surface area contributed by atoms with Crippen LogP contribution in [0.2, 0.25) is 0 Å². The molecule has 0 amide bonds. The molecule has 0 spiro atoms. The van der Waals surface area contributed by atoms with Gasteiger partial charge in [-0.15, -0.1) is 0 Å². The number of carbonyl (C=O) groups excluding carboxylic acids is 2. The van der Waals surface area contributed by atoms with Gasteiger partial charge in [-0.1, -0.05) is 162 Å². The molecule has 0 aromatic rings. The Labute approximate surface area is 341 Å². The summed E-state index contributed by atoms with van der Waals surface area (Å²) in [6, 6.07) is 0. The van der Waals surface area contributed by atoms with E-state index in [-0.39, 0.29) is 19.4 Å². The topological polar surface area (TPSA) is 119 Å². The van der Waals surface area contributed by atoms with Gasteiger partial charge in [-0.05, 0) is 89.9 Å². The first-order valence-electron chi connectivity index (χ1n) is 21.5. The molecule has 0 aliphatic carbocycles. The number of ether oxygens (including phenoxy) is 2. The highest BCUT2D eigenvalue weighted by Gasteiger charge is 2.22. The average Bonchev–Trinajstić information content (AvgIpc) is 3.17. The standard InChI is InChI=1S/C47H77O8P/c1-3-5-7-9-11-13-15-17-19-21-22-23-24-26-27-29-31-33-35-37-39-41-46(48)53-43-45(44-54-56(50,51)52)55-47(49)42-40-38-36-34-32-30-28-25-20-18-16-14-12-10-8-6-4-2/h8,10,14,16,19-21,23-25,27,29-30,32-33,35,45H,3-7,9,11-13,15,17-18,22,26,28,31,34,36-44H2,1-2H3,(H2,50,51,52)/b10-8+,16-14+,21-19+,24-23+,25-20+,29-27+,32-30+,35-33+/t45-/m1/s1. The monoisotopic (exact) mass is 801 g/mol. The van der Waals surface area contributed by atoms with Gasteiger partial charge in [0, 0.05) is 12.8 Å². The molecule has 1 atom stereocenters. The summed E-state index contributed by atoms with van der Waals surface area (Å²) < 4.78 is 26.3. The Balaban J connectivity index is 4.09. The van der Waals surface area contributed by atoms with Crippen LogP contribution < -0.4 is 0 Å². The van der Waals surface area contributed by atoms with Gasteiger partial charge < -0.3 is 19.3 Å². The highest BCUT2D eigenvalue weighted by Crippen LogP contribution is 2.36. The van der Waals surface area contributed by atoms with E-state index in [2.05, 4.69) is 110 Å². The quantitative estimate of drug-likeness (QED) is 0.0274. The lowest BCUT2D eigenvalue weighted by Gasteiger charge is -2.18. The van der Waals surface area contributed by atoms with Crippen molar-refractivity contribution in [2.45, 2.75) is 174 Å². The van der Waals surface area contributed by atoms with Crippen LogP contribution in [0, 0.1) is 0 Å². The lowest BCUT2D eigenvalue weighted by Crippen LogP contribution is -2.29. The van der Waals surface area contributed by atoms with Crippen molar-refractivity contribution in [3.8, 4) is 0 Å². The molecule has 9 heteroatoms. The Bertz CT molecular complexity index is 1220. The van der Waals surface area contributed by atoms with E-state index < -0.39 is 32.5 Å². The molecular formula is C47H77O8P. The van der Waals surface area contributed by atoms with E-state index >= 15 is 0 Å². The number of unbranched alkanes of at least 4 members (excludes halogenated alkanes) is 12. The maximum atomic E-state index is 12.4. The molecule has 0 aliphatic heterocycles. The van der Waals surface area contributed by atoms with Crippen molar-refractivity contribution in [1.29, 1.82) is 0 Å². The van der Waals surface area contributed by atoms with Crippen LogP contribution >= 0.6 is 7.82 Å². The van der Waals surface area contributed by atoms with Crippen LogP contribution in [0.1, 0.15) is 168 Å². The fourth-order valence-corrected chi connectivity index (χ4v) is 5.72. The van der Waals surface area contributed by atoms with Gasteiger partial charge in [0.2, 0.25) is 0 Å². The van der Waals surface area contributed by atoms with Crippen molar-refractivity contribution in [2.75, 3.05) is 13.2 Å². The summed E-state index contributed by atoms with van der Waals surface area (Å²) in [5, 5.41) is 0. The van der Waals surface area contributed by atoms with Crippen LogP contribution in [-0.2, 0) is 28.2 Å². The van der Waals surface area contributed by atoms with E-state index in [1.807, 2.05) is 6.08 Å². The van der Waals surface area contributed by atoms with Crippen LogP contribution in [0.5, 0.6) is 0 Å². The molecule has 0 bridgehead atoms. The molecule has 0 fully saturated rings. The van der Waals surface area contributed by atoms with Crippen LogP contribution in [0.3, 0.4) is 0 Å². The number of hydrogen-bond donors (Lipinski definition) is 2. The Kier molecular flexibility index (Phi) is 39.3. The van der Waals surface area contributed by atoms with E-state index in [0.29, 0.717) is 12.8 Å². The summed E-state index contributed by atoms with van der Waals surface area (Å²) in [7, 11) is -4.78. The zero-order valence-corrected chi connectivity index (χ0v) is 35.9. The van der Waals surface area contributed by atoms with Gasteiger partial charge in [0.1, 0.15) is 6.61 Å². The summed E-state index contributed by atoms with van der Waals surface area (Å²) >= 11 is 0. The molecule has 0 aliphatic rings. The molecular weight excluding hydrogens is 723 g/mol. The maximum Gasteiger partial charge on any atom is 0.469 e. The third-order valence-electron chi connectivity index (χ3n) is 8.56. The first-order chi connectivity index (χ1) is 27.3. The van der Waals surface area contributed by atoms with Crippen molar-refractivity contribution in [2.24, 2.45) is 0 Å². The first kappa shape index (κ1) is 53.0. The van der Waals surface area contributed by atoms with Crippen molar-refractivity contribution in [3.63, 3.8) is 0 Å². The molecule has 0 saturated carbocycles. The number of phosphoric ester groups is 1. The van der Waals surface area contributed by atoms with Crippen LogP contribution in [-0.4, -0.2) is 41.0 Å². The van der Waals surface area contributed by atoms with E-state index in [4.69, 9.17) is 19.3 Å². The third kappa shape index (κ3) is 43.7. The Hall–Kier alpha value is -3.03. The highest BCUT2D eigenvalue weighted by molar-refractivity contribution is 7.46. The van der Waals surface area contributed by atoms with E-state index in [1.165, 1.54) is 57.8 Å². The molecule has 0 heterocycles. The lowest BCUT2D eigenvalue weighted by atomic mass is 10.1. The first-order valence-corrected chi connectivity index (χ1v) is 23.1. The van der Waals surface area contributed by atoms with Crippen LogP contribution in [0.4, 0.5) is 0 Å². The average molecular weight is 801 g/mol. The second kappa shape index (κ2) is 41.6. The number of carbonyl (C=O) groups is 2. The molecule has 0 radical (unpaired) electrons. The summed E-state index contributed by atoms with van der Waals surface area (Å²) in [4.78, 5) is 42.8. The molecule has 318 valence electrons. The van der Waals surface area contributed by atoms with Gasteiger partial charge in [-0.3, -0.25) is 14.1 Å². The Morgan fingerprint density at radius 3 is 1.32 bits per heavy atom. The van der Waals surface area contributed by atoms with Crippen molar-refractivity contribution >= 4 is 19.8 Å². The predicted octanol–water partition coefficient (Wildman–Crippen LogP) is 13.4. The van der Waals surface area contributed by atoms with E-state index in [1.54, 1.807) is 0 Å². The van der Waals surface area contributed by atoms with Gasteiger partial charge >= 0.3 is 19.8 Å². The van der Waals surface area contributed by atoms with Crippen LogP contribution in [0.15, 0.2) is 97.2 Å². The lowest BCUT2D eigenvalue weighted by molar-refractivity contribution is -0.161. The Morgan fingerprint density at radius 2 is 0.857 bits per heavy atom. The smallest absolute Gasteiger partial charge is 0.462 e. The van der Waals surface area contributed by atoms with Gasteiger partial charge in [0.25, 0.3) is 0 Å². The minimum absolute atomic E-state index is 0.157. The summed E-state index contributed by atoms with van der Waals surface area (Å²) in [6.07, 6.45) is 57.1. The van der Waals surface area contributed by atoms with Crippen molar-refractivity contribution < 1.29 is 37.9 Å². The van der Waals surface area contributed by atoms with Gasteiger partial charge in [0.05, 0.1) is 6.61 Å². The minimum Gasteiger partial charge on any atom is -0.462 e. The van der Waals surface area contributed by atoms with Crippen LogP contribution in [0.25, 0.3) is 0 Å². The molecule has 0 aromatic heterocycles. The predicted molar refractivity (Wildman–Crippen MR) is 234 cm³/mol. The van der Waals surface area contributed by atoms with Crippen molar-refractivity contribution in [1.82, 2.24) is 0 Å². The molecule has 0 rings (SSSR count). The fraction of sp³-hybridized carbons (Fsp3) is 0.617. The Morgan fingerprint density at radius 1 is 0.464 bits per heavy atom. The van der Waals surface area contributed by atoms with Gasteiger partial charge in [0.15, 0.2) is 6.10 Å². The van der Waals surface area contributed by atoms with E-state index in [0.717, 1.165) is 70.6 Å². The molecule has 2 N–H and O–H groups in total. The second-order valence-corrected chi connectivity index (χ2v) is 15.2. The molecule has 8 nitrogen and oxygen atoms in total. The number of rotatable bonds is 38. The van der Waals surface area contributed by atoms with Crippen molar-refractivity contribution in [3.05, 3.63) is 97.2 Å². The zero-order valence-electron chi connectivity index (χ0n) is 35.0. The van der Waals surface area contributed by atoms with E-state index in [9.17, 15) is 14.2 Å². The normalized spacial score (nSPS) is 13.4. The largest absolute Gasteiger partial charge is 0.469 e. The highest BCUT2D eigenvalue weighted by atomic mass is 31.2. The maximum absolute atomic E-state index is 12.4. The molecule has 0 saturated heterocycles. The number of allylic oxidation sites excluding steroid dienone is 16. The van der Waals surface area contributed by atoms with Gasteiger partial charge in [-0.2, -0.15) is 0 Å². The number of hydrogen-bond acceptors (Lipinski definition) is 6. The van der Waals surface area contributed by atoms with Gasteiger partial charge in [-0.25, -0.2) is 4.57 Å². The second-order valence-electron chi connectivity index (χ2n) is 14.0.